The van der Waals surface area contributed by atoms with Crippen molar-refractivity contribution in [3.8, 4) is 0 Å². The molecule has 0 aliphatic rings. The largest absolute Gasteiger partial charge is 0.481 e. The second-order valence-electron chi connectivity index (χ2n) is 14.3. The van der Waals surface area contributed by atoms with Gasteiger partial charge in [0.2, 0.25) is 0 Å². The van der Waals surface area contributed by atoms with Crippen molar-refractivity contribution in [3.05, 3.63) is 228 Å². The SMILES string of the molecule is CC.O=C(O)CCCC=C(c1ccccc1)c1ccccc1.O=C(O)CCCC=C(c1ccccc1)c1ccccc1.O=C(O)CCCCC(c1ccccc1)c1ccccc1. The van der Waals surface area contributed by atoms with Crippen LogP contribution in [0.3, 0.4) is 0 Å². The first-order valence-corrected chi connectivity index (χ1v) is 21.7. The summed E-state index contributed by atoms with van der Waals surface area (Å²) in [6.07, 6.45) is 10.5. The van der Waals surface area contributed by atoms with Crippen molar-refractivity contribution < 1.29 is 29.7 Å². The van der Waals surface area contributed by atoms with Gasteiger partial charge in [0.25, 0.3) is 0 Å². The fourth-order valence-corrected chi connectivity index (χ4v) is 6.80. The third kappa shape index (κ3) is 19.5. The first-order chi connectivity index (χ1) is 30.3. The van der Waals surface area contributed by atoms with Crippen LogP contribution in [-0.2, 0) is 14.4 Å². The van der Waals surface area contributed by atoms with E-state index in [1.807, 2.05) is 98.8 Å². The number of hydrogen-bond donors (Lipinski definition) is 3. The second kappa shape index (κ2) is 30.3. The van der Waals surface area contributed by atoms with Crippen LogP contribution in [0.25, 0.3) is 11.1 Å². The molecular weight excluding hydrogens is 769 g/mol. The summed E-state index contributed by atoms with van der Waals surface area (Å²) in [6, 6.07) is 61.6. The van der Waals surface area contributed by atoms with E-state index in [4.69, 9.17) is 15.3 Å². The van der Waals surface area contributed by atoms with Crippen LogP contribution in [-0.4, -0.2) is 33.2 Å². The van der Waals surface area contributed by atoms with Gasteiger partial charge >= 0.3 is 17.9 Å². The number of carboxylic acids is 3. The molecule has 0 aliphatic carbocycles. The maximum atomic E-state index is 10.6. The van der Waals surface area contributed by atoms with E-state index in [0.29, 0.717) is 18.8 Å². The van der Waals surface area contributed by atoms with Gasteiger partial charge in [-0.25, -0.2) is 0 Å². The highest BCUT2D eigenvalue weighted by Gasteiger charge is 2.13. The molecule has 0 aliphatic heterocycles. The Morgan fingerprint density at radius 3 is 0.919 bits per heavy atom. The zero-order valence-electron chi connectivity index (χ0n) is 36.2. The molecule has 0 bridgehead atoms. The Labute approximate surface area is 369 Å². The number of rotatable bonds is 19. The summed E-state index contributed by atoms with van der Waals surface area (Å²) in [4.78, 5) is 31.7. The fraction of sp³-hybridized carbons (Fsp3) is 0.232. The van der Waals surface area contributed by atoms with Gasteiger partial charge in [-0.3, -0.25) is 14.4 Å². The lowest BCUT2D eigenvalue weighted by atomic mass is 9.87. The number of carbonyl (C=O) groups is 3. The predicted octanol–water partition coefficient (Wildman–Crippen LogP) is 14.2. The van der Waals surface area contributed by atoms with E-state index in [1.54, 1.807) is 0 Å². The summed E-state index contributed by atoms with van der Waals surface area (Å²) in [5.41, 5.74) is 9.57. The van der Waals surface area contributed by atoms with Crippen molar-refractivity contribution in [2.45, 2.75) is 84.0 Å². The normalized spacial score (nSPS) is 9.98. The lowest BCUT2D eigenvalue weighted by molar-refractivity contribution is -0.138. The molecule has 62 heavy (non-hydrogen) atoms. The van der Waals surface area contributed by atoms with Gasteiger partial charge < -0.3 is 15.3 Å². The summed E-state index contributed by atoms with van der Waals surface area (Å²) < 4.78 is 0. The van der Waals surface area contributed by atoms with Crippen molar-refractivity contribution in [2.75, 3.05) is 0 Å². The van der Waals surface area contributed by atoms with Crippen LogP contribution in [0.5, 0.6) is 0 Å². The highest BCUT2D eigenvalue weighted by Crippen LogP contribution is 2.30. The van der Waals surface area contributed by atoms with Crippen LogP contribution in [0.2, 0.25) is 0 Å². The highest BCUT2D eigenvalue weighted by atomic mass is 16.4. The van der Waals surface area contributed by atoms with Crippen molar-refractivity contribution >= 4 is 29.1 Å². The summed E-state index contributed by atoms with van der Waals surface area (Å²) in [6.45, 7) is 4.00. The number of aliphatic carboxylic acids is 3. The number of carboxylic acid groups (broad SMARTS) is 3. The smallest absolute Gasteiger partial charge is 0.303 e. The van der Waals surface area contributed by atoms with E-state index in [9.17, 15) is 14.4 Å². The van der Waals surface area contributed by atoms with E-state index in [1.165, 1.54) is 11.1 Å². The van der Waals surface area contributed by atoms with Gasteiger partial charge in [0, 0.05) is 25.2 Å². The van der Waals surface area contributed by atoms with Crippen LogP contribution >= 0.6 is 0 Å². The Morgan fingerprint density at radius 2 is 0.645 bits per heavy atom. The van der Waals surface area contributed by atoms with Crippen molar-refractivity contribution in [1.82, 2.24) is 0 Å². The number of hydrogen-bond acceptors (Lipinski definition) is 3. The quantitative estimate of drug-likeness (QED) is 0.0701. The molecule has 0 spiro atoms. The molecule has 0 fully saturated rings. The maximum absolute atomic E-state index is 10.6. The van der Waals surface area contributed by atoms with E-state index in [2.05, 4.69) is 109 Å². The van der Waals surface area contributed by atoms with Crippen molar-refractivity contribution in [3.63, 3.8) is 0 Å². The first-order valence-electron chi connectivity index (χ1n) is 21.7. The van der Waals surface area contributed by atoms with Crippen LogP contribution in [0.15, 0.2) is 194 Å². The van der Waals surface area contributed by atoms with Crippen molar-refractivity contribution in [1.29, 1.82) is 0 Å². The summed E-state index contributed by atoms with van der Waals surface area (Å²) in [7, 11) is 0. The molecule has 6 rings (SSSR count). The summed E-state index contributed by atoms with van der Waals surface area (Å²) in [5.74, 6) is -1.83. The molecule has 6 heteroatoms. The number of benzene rings is 6. The molecule has 0 saturated heterocycles. The lowest BCUT2D eigenvalue weighted by Crippen LogP contribution is -2.02. The zero-order valence-corrected chi connectivity index (χ0v) is 36.2. The summed E-state index contributed by atoms with van der Waals surface area (Å²) >= 11 is 0. The van der Waals surface area contributed by atoms with Gasteiger partial charge in [0.05, 0.1) is 0 Å². The lowest BCUT2D eigenvalue weighted by Gasteiger charge is -2.18. The van der Waals surface area contributed by atoms with Crippen LogP contribution in [0, 0.1) is 0 Å². The topological polar surface area (TPSA) is 112 Å². The fourth-order valence-electron chi connectivity index (χ4n) is 6.80. The van der Waals surface area contributed by atoms with E-state index >= 15 is 0 Å². The van der Waals surface area contributed by atoms with E-state index < -0.39 is 17.9 Å². The minimum absolute atomic E-state index is 0.216. The molecule has 0 atom stereocenters. The Hall–Kier alpha value is -6.79. The zero-order chi connectivity index (χ0) is 44.6. The minimum Gasteiger partial charge on any atom is -0.481 e. The molecule has 6 aromatic carbocycles. The Bertz CT molecular complexity index is 1940. The number of unbranched alkanes of at least 4 members (excludes halogenated alkanes) is 3. The average Bonchev–Trinajstić information content (AvgIpc) is 3.31. The molecule has 0 unspecified atom stereocenters. The molecule has 6 nitrogen and oxygen atoms in total. The van der Waals surface area contributed by atoms with E-state index in [-0.39, 0.29) is 19.3 Å². The molecule has 0 radical (unpaired) electrons. The van der Waals surface area contributed by atoms with Crippen LogP contribution in [0.4, 0.5) is 0 Å². The van der Waals surface area contributed by atoms with Crippen LogP contribution in [0.1, 0.15) is 117 Å². The average molecular weight is 831 g/mol. The first kappa shape index (κ1) is 49.6. The van der Waals surface area contributed by atoms with Crippen molar-refractivity contribution in [2.24, 2.45) is 0 Å². The Kier molecular flexibility index (Phi) is 24.2. The third-order valence-corrected chi connectivity index (χ3v) is 9.76. The van der Waals surface area contributed by atoms with Gasteiger partial charge in [-0.15, -0.1) is 0 Å². The molecule has 0 amide bonds. The Balaban J connectivity index is 0.000000243. The highest BCUT2D eigenvalue weighted by molar-refractivity contribution is 5.80. The van der Waals surface area contributed by atoms with Gasteiger partial charge in [-0.2, -0.15) is 0 Å². The molecule has 0 aromatic heterocycles. The standard InChI is InChI=1S/C18H20O2.2C18H18O2.C2H6/c3*19-18(20)14-8-7-13-17(15-9-3-1-4-10-15)16-11-5-2-6-12-16;1-2/h1-6,9-12,17H,7-8,13-14H2,(H,19,20);2*1-6,9-13H,7-8,14H2,(H,19,20);1-2H3. The summed E-state index contributed by atoms with van der Waals surface area (Å²) in [5, 5.41) is 26.1. The van der Waals surface area contributed by atoms with Gasteiger partial charge in [0.1, 0.15) is 0 Å². The monoisotopic (exact) mass is 830 g/mol. The molecule has 322 valence electrons. The molecule has 6 aromatic rings. The molecule has 0 heterocycles. The molecular formula is C56H62O6. The second-order valence-corrected chi connectivity index (χ2v) is 14.3. The van der Waals surface area contributed by atoms with Gasteiger partial charge in [0.15, 0.2) is 0 Å². The number of allylic oxidation sites excluding steroid dienone is 2. The third-order valence-electron chi connectivity index (χ3n) is 9.76. The Morgan fingerprint density at radius 1 is 0.387 bits per heavy atom. The van der Waals surface area contributed by atoms with Crippen LogP contribution < -0.4 is 0 Å². The molecule has 0 saturated carbocycles. The van der Waals surface area contributed by atoms with Gasteiger partial charge in [-0.1, -0.05) is 214 Å². The van der Waals surface area contributed by atoms with E-state index in [0.717, 1.165) is 65.5 Å². The minimum atomic E-state index is -0.737. The molecule has 3 N–H and O–H groups in total. The maximum Gasteiger partial charge on any atom is 0.303 e. The van der Waals surface area contributed by atoms with Gasteiger partial charge in [-0.05, 0) is 83.1 Å². The predicted molar refractivity (Wildman–Crippen MR) is 255 cm³/mol.